The Bertz CT molecular complexity index is 1460. The summed E-state index contributed by atoms with van der Waals surface area (Å²) in [5.74, 6) is -2.11. The molecule has 0 aliphatic heterocycles. The molecular weight excluding hydrogens is 488 g/mol. The van der Waals surface area contributed by atoms with Crippen molar-refractivity contribution in [1.29, 1.82) is 0 Å². The number of benzene rings is 3. The lowest BCUT2D eigenvalue weighted by atomic mass is 10.0. The van der Waals surface area contributed by atoms with Gasteiger partial charge in [0.2, 0.25) is 5.76 Å². The summed E-state index contributed by atoms with van der Waals surface area (Å²) in [4.78, 5) is 35.2. The van der Waals surface area contributed by atoms with Crippen LogP contribution in [0.5, 0.6) is 5.75 Å². The number of aromatic hydroxyl groups is 1. The maximum Gasteiger partial charge on any atom is 0.311 e. The average Bonchev–Trinajstić information content (AvgIpc) is 3.42. The number of hydrazine groups is 1. The molecule has 0 saturated heterocycles. The second-order valence-electron chi connectivity index (χ2n) is 8.57. The predicted octanol–water partition coefficient (Wildman–Crippen LogP) is 5.37. The van der Waals surface area contributed by atoms with E-state index in [9.17, 15) is 24.8 Å². The van der Waals surface area contributed by atoms with E-state index < -0.39 is 28.2 Å². The van der Waals surface area contributed by atoms with Crippen molar-refractivity contribution < 1.29 is 24.0 Å². The largest absolute Gasteiger partial charge is 0.502 e. The number of hydrogen-bond donors (Lipinski definition) is 4. The fraction of sp³-hybridized carbons (Fsp3) is 0.143. The zero-order chi connectivity index (χ0) is 27.2. The molecule has 1 atom stereocenters. The highest BCUT2D eigenvalue weighted by Gasteiger charge is 2.20. The van der Waals surface area contributed by atoms with Crippen LogP contribution in [0.1, 0.15) is 51.9 Å². The van der Waals surface area contributed by atoms with E-state index in [0.717, 1.165) is 29.8 Å². The molecule has 38 heavy (non-hydrogen) atoms. The Balaban J connectivity index is 1.40. The average molecular weight is 515 g/mol. The molecule has 10 nitrogen and oxygen atoms in total. The number of hydrogen-bond acceptors (Lipinski definition) is 7. The highest BCUT2D eigenvalue weighted by Crippen LogP contribution is 2.28. The van der Waals surface area contributed by atoms with Crippen molar-refractivity contribution in [3.63, 3.8) is 0 Å². The first-order valence-electron chi connectivity index (χ1n) is 11.9. The summed E-state index contributed by atoms with van der Waals surface area (Å²) in [6.45, 7) is 4.20. The topological polar surface area (TPSA) is 147 Å². The van der Waals surface area contributed by atoms with Crippen LogP contribution < -0.4 is 16.2 Å². The molecule has 0 spiro atoms. The summed E-state index contributed by atoms with van der Waals surface area (Å²) in [5.41, 5.74) is 8.31. The number of nitro groups is 1. The molecule has 0 aliphatic rings. The van der Waals surface area contributed by atoms with Gasteiger partial charge in [-0.05, 0) is 60.4 Å². The van der Waals surface area contributed by atoms with Crippen LogP contribution in [-0.2, 0) is 6.42 Å². The summed E-state index contributed by atoms with van der Waals surface area (Å²) < 4.78 is 5.36. The molecule has 194 valence electrons. The minimum atomic E-state index is -0.815. The van der Waals surface area contributed by atoms with Crippen LogP contribution >= 0.6 is 0 Å². The van der Waals surface area contributed by atoms with E-state index in [-0.39, 0.29) is 17.4 Å². The third-order valence-electron chi connectivity index (χ3n) is 6.06. The van der Waals surface area contributed by atoms with Crippen LogP contribution in [0.4, 0.5) is 11.4 Å². The maximum absolute atomic E-state index is 12.7. The van der Waals surface area contributed by atoms with Crippen LogP contribution in [0.2, 0.25) is 0 Å². The number of aryl methyl sites for hydroxylation is 1. The zero-order valence-electron chi connectivity index (χ0n) is 20.7. The van der Waals surface area contributed by atoms with Gasteiger partial charge in [-0.1, -0.05) is 43.3 Å². The zero-order valence-corrected chi connectivity index (χ0v) is 20.7. The van der Waals surface area contributed by atoms with Crippen molar-refractivity contribution in [3.8, 4) is 16.9 Å². The Kier molecular flexibility index (Phi) is 7.72. The highest BCUT2D eigenvalue weighted by atomic mass is 16.6. The molecule has 1 aromatic heterocycles. The normalized spacial score (nSPS) is 11.4. The van der Waals surface area contributed by atoms with E-state index in [1.165, 1.54) is 23.5 Å². The molecule has 2 amide bonds. The number of carbonyl (C=O) groups is 2. The molecule has 0 unspecified atom stereocenters. The fourth-order valence-electron chi connectivity index (χ4n) is 3.89. The standard InChI is InChI=1S/C28H26N4O6/c1-3-18-4-6-19(7-5-18)17(2)29-22-11-8-20(9-12-22)23-14-15-38-26(23)28(35)31-30-27(34)21-10-13-25(33)24(16-21)32(36)37/h4-17,29,33H,3H2,1-2H3,(H,30,34)(H,31,35)/t17-/m0/s1. The Morgan fingerprint density at radius 1 is 0.974 bits per heavy atom. The monoisotopic (exact) mass is 514 g/mol. The number of carbonyl (C=O) groups excluding carboxylic acids is 2. The number of nitrogens with zero attached hydrogens (tertiary/aromatic N) is 1. The van der Waals surface area contributed by atoms with Gasteiger partial charge in [-0.25, -0.2) is 0 Å². The first-order chi connectivity index (χ1) is 18.3. The minimum absolute atomic E-state index is 0.0212. The van der Waals surface area contributed by atoms with Gasteiger partial charge in [-0.3, -0.25) is 30.6 Å². The molecular formula is C28H26N4O6. The lowest BCUT2D eigenvalue weighted by Gasteiger charge is -2.16. The van der Waals surface area contributed by atoms with Crippen molar-refractivity contribution in [1.82, 2.24) is 10.9 Å². The van der Waals surface area contributed by atoms with E-state index in [1.807, 2.05) is 24.3 Å². The summed E-state index contributed by atoms with van der Waals surface area (Å²) in [6, 6.07) is 20.9. The van der Waals surface area contributed by atoms with Crippen molar-refractivity contribution in [2.75, 3.05) is 5.32 Å². The molecule has 0 radical (unpaired) electrons. The van der Waals surface area contributed by atoms with Gasteiger partial charge < -0.3 is 14.8 Å². The number of anilines is 1. The number of rotatable bonds is 8. The third kappa shape index (κ3) is 5.81. The van der Waals surface area contributed by atoms with Crippen LogP contribution in [0, 0.1) is 10.1 Å². The fourth-order valence-corrected chi connectivity index (χ4v) is 3.89. The van der Waals surface area contributed by atoms with E-state index in [0.29, 0.717) is 5.56 Å². The number of phenols is 1. The van der Waals surface area contributed by atoms with Crippen LogP contribution in [-0.4, -0.2) is 21.8 Å². The first kappa shape index (κ1) is 26.0. The van der Waals surface area contributed by atoms with Gasteiger partial charge in [-0.15, -0.1) is 0 Å². The number of furan rings is 1. The van der Waals surface area contributed by atoms with Crippen LogP contribution in [0.3, 0.4) is 0 Å². The van der Waals surface area contributed by atoms with Crippen LogP contribution in [0.25, 0.3) is 11.1 Å². The van der Waals surface area contributed by atoms with Gasteiger partial charge in [-0.2, -0.15) is 0 Å². The van der Waals surface area contributed by atoms with Crippen molar-refractivity contribution in [3.05, 3.63) is 112 Å². The Morgan fingerprint density at radius 3 is 2.32 bits per heavy atom. The van der Waals surface area contributed by atoms with E-state index >= 15 is 0 Å². The van der Waals surface area contributed by atoms with Crippen molar-refractivity contribution >= 4 is 23.2 Å². The molecule has 0 fully saturated rings. The lowest BCUT2D eigenvalue weighted by molar-refractivity contribution is -0.385. The number of nitro benzene ring substituents is 1. The Labute approximate surface area is 218 Å². The quantitative estimate of drug-likeness (QED) is 0.183. The molecule has 10 heteroatoms. The molecule has 4 N–H and O–H groups in total. The Hall–Kier alpha value is -5.12. The van der Waals surface area contributed by atoms with Crippen molar-refractivity contribution in [2.24, 2.45) is 0 Å². The van der Waals surface area contributed by atoms with Gasteiger partial charge in [0.1, 0.15) is 0 Å². The highest BCUT2D eigenvalue weighted by molar-refractivity contribution is 6.01. The van der Waals surface area contributed by atoms with E-state index in [1.54, 1.807) is 6.07 Å². The number of phenolic OH excluding ortho intramolecular Hbond substituents is 1. The summed E-state index contributed by atoms with van der Waals surface area (Å²) in [5, 5.41) is 24.0. The van der Waals surface area contributed by atoms with Gasteiger partial charge in [0, 0.05) is 28.9 Å². The van der Waals surface area contributed by atoms with Gasteiger partial charge in [0.15, 0.2) is 5.75 Å². The van der Waals surface area contributed by atoms with Gasteiger partial charge in [0.25, 0.3) is 5.91 Å². The van der Waals surface area contributed by atoms with Gasteiger partial charge in [0.05, 0.1) is 11.2 Å². The molecule has 3 aromatic carbocycles. The smallest absolute Gasteiger partial charge is 0.311 e. The first-order valence-corrected chi connectivity index (χ1v) is 11.9. The third-order valence-corrected chi connectivity index (χ3v) is 6.06. The molecule has 4 rings (SSSR count). The molecule has 1 heterocycles. The molecule has 0 aliphatic carbocycles. The summed E-state index contributed by atoms with van der Waals surface area (Å²) in [6.07, 6.45) is 2.36. The second kappa shape index (κ2) is 11.3. The van der Waals surface area contributed by atoms with Crippen molar-refractivity contribution in [2.45, 2.75) is 26.3 Å². The minimum Gasteiger partial charge on any atom is -0.502 e. The van der Waals surface area contributed by atoms with E-state index in [4.69, 9.17) is 4.42 Å². The number of nitrogens with one attached hydrogen (secondary N) is 3. The van der Waals surface area contributed by atoms with E-state index in [2.05, 4.69) is 54.3 Å². The summed E-state index contributed by atoms with van der Waals surface area (Å²) >= 11 is 0. The Morgan fingerprint density at radius 2 is 1.66 bits per heavy atom. The second-order valence-corrected chi connectivity index (χ2v) is 8.57. The molecule has 4 aromatic rings. The maximum atomic E-state index is 12.7. The lowest BCUT2D eigenvalue weighted by Crippen LogP contribution is -2.41. The van der Waals surface area contributed by atoms with Gasteiger partial charge >= 0.3 is 11.6 Å². The number of amides is 2. The van der Waals surface area contributed by atoms with Crippen LogP contribution in [0.15, 0.2) is 83.5 Å². The molecule has 0 bridgehead atoms. The summed E-state index contributed by atoms with van der Waals surface area (Å²) in [7, 11) is 0. The predicted molar refractivity (Wildman–Crippen MR) is 142 cm³/mol. The SMILES string of the molecule is CCc1ccc([C@H](C)Nc2ccc(-c3ccoc3C(=O)NNC(=O)c3ccc(O)c([N+](=O)[O-])c3)cc2)cc1. The molecule has 0 saturated carbocycles.